The highest BCUT2D eigenvalue weighted by atomic mass is 127. The summed E-state index contributed by atoms with van der Waals surface area (Å²) in [6.45, 7) is 12.0. The summed E-state index contributed by atoms with van der Waals surface area (Å²) in [7, 11) is 0. The van der Waals surface area contributed by atoms with Gasteiger partial charge in [-0.05, 0) is 52.2 Å². The highest BCUT2D eigenvalue weighted by molar-refractivity contribution is 14.0. The molecule has 1 rings (SSSR count). The molecule has 4 nitrogen and oxygen atoms in total. The molecule has 0 spiro atoms. The third kappa shape index (κ3) is 9.49. The van der Waals surface area contributed by atoms with E-state index in [0.717, 1.165) is 32.1 Å². The first-order valence-corrected chi connectivity index (χ1v) is 7.57. The van der Waals surface area contributed by atoms with Crippen molar-refractivity contribution < 1.29 is 0 Å². The number of guanidine groups is 1. The third-order valence-electron chi connectivity index (χ3n) is 3.31. The van der Waals surface area contributed by atoms with Crippen LogP contribution < -0.4 is 10.6 Å². The monoisotopic (exact) mass is 382 g/mol. The first-order valence-electron chi connectivity index (χ1n) is 7.57. The zero-order chi connectivity index (χ0) is 13.2. The molecule has 0 aromatic heterocycles. The van der Waals surface area contributed by atoms with E-state index in [2.05, 4.69) is 41.3 Å². The molecule has 1 saturated carbocycles. The Morgan fingerprint density at radius 2 is 1.84 bits per heavy atom. The molecule has 1 fully saturated rings. The van der Waals surface area contributed by atoms with E-state index < -0.39 is 0 Å². The van der Waals surface area contributed by atoms with Crippen LogP contribution in [-0.2, 0) is 0 Å². The number of halogens is 1. The summed E-state index contributed by atoms with van der Waals surface area (Å²) in [5, 5.41) is 6.75. The van der Waals surface area contributed by atoms with Crippen LogP contribution in [0.3, 0.4) is 0 Å². The van der Waals surface area contributed by atoms with Crippen LogP contribution in [0, 0.1) is 0 Å². The number of unbranched alkanes of at least 4 members (excludes halogenated alkanes) is 1. The molecule has 1 aliphatic rings. The van der Waals surface area contributed by atoms with Crippen molar-refractivity contribution in [3.8, 4) is 0 Å². The van der Waals surface area contributed by atoms with Gasteiger partial charge in [0.1, 0.15) is 0 Å². The predicted octanol–water partition coefficient (Wildman–Crippen LogP) is 2.44. The molecule has 0 aromatic carbocycles. The summed E-state index contributed by atoms with van der Waals surface area (Å²) in [6.07, 6.45) is 5.02. The molecule has 0 aromatic rings. The Hall–Kier alpha value is -0.0400. The highest BCUT2D eigenvalue weighted by Gasteiger charge is 2.21. The van der Waals surface area contributed by atoms with Crippen LogP contribution in [0.4, 0.5) is 0 Å². The van der Waals surface area contributed by atoms with Gasteiger partial charge in [-0.3, -0.25) is 4.99 Å². The highest BCUT2D eigenvalue weighted by Crippen LogP contribution is 2.18. The van der Waals surface area contributed by atoms with Crippen LogP contribution in [0.2, 0.25) is 0 Å². The van der Waals surface area contributed by atoms with Crippen LogP contribution >= 0.6 is 24.0 Å². The van der Waals surface area contributed by atoms with Crippen molar-refractivity contribution in [3.63, 3.8) is 0 Å². The van der Waals surface area contributed by atoms with Gasteiger partial charge in [-0.1, -0.05) is 13.8 Å². The molecule has 0 atom stereocenters. The SMILES string of the molecule is CCNC(=NCCCCN(CC)CC)NC1CC1.I. The minimum atomic E-state index is 0. The Labute approximate surface area is 135 Å². The quantitative estimate of drug-likeness (QED) is 0.279. The molecule has 0 aliphatic heterocycles. The van der Waals surface area contributed by atoms with Crippen LogP contribution in [0.15, 0.2) is 4.99 Å². The number of hydrogen-bond donors (Lipinski definition) is 2. The maximum absolute atomic E-state index is 4.62. The zero-order valence-electron chi connectivity index (χ0n) is 12.7. The van der Waals surface area contributed by atoms with E-state index in [0.29, 0.717) is 6.04 Å². The maximum Gasteiger partial charge on any atom is 0.191 e. The first kappa shape index (κ1) is 19.0. The fourth-order valence-electron chi connectivity index (χ4n) is 1.92. The summed E-state index contributed by atoms with van der Waals surface area (Å²) in [6, 6.07) is 0.679. The average Bonchev–Trinajstić information content (AvgIpc) is 3.18. The number of aliphatic imine (C=N–C) groups is 1. The molecule has 114 valence electrons. The third-order valence-corrected chi connectivity index (χ3v) is 3.31. The van der Waals surface area contributed by atoms with Crippen molar-refractivity contribution in [2.75, 3.05) is 32.7 Å². The summed E-state index contributed by atoms with van der Waals surface area (Å²) >= 11 is 0. The number of rotatable bonds is 9. The number of nitrogens with zero attached hydrogens (tertiary/aromatic N) is 2. The maximum atomic E-state index is 4.62. The molecular formula is C14H31IN4. The van der Waals surface area contributed by atoms with Crippen molar-refractivity contribution in [3.05, 3.63) is 0 Å². The Morgan fingerprint density at radius 3 is 2.37 bits per heavy atom. The fourth-order valence-corrected chi connectivity index (χ4v) is 1.92. The lowest BCUT2D eigenvalue weighted by molar-refractivity contribution is 0.297. The number of hydrogen-bond acceptors (Lipinski definition) is 2. The van der Waals surface area contributed by atoms with E-state index in [-0.39, 0.29) is 24.0 Å². The second-order valence-corrected chi connectivity index (χ2v) is 4.91. The molecule has 19 heavy (non-hydrogen) atoms. The minimum Gasteiger partial charge on any atom is -0.357 e. The molecule has 0 saturated heterocycles. The van der Waals surface area contributed by atoms with Gasteiger partial charge in [0.25, 0.3) is 0 Å². The topological polar surface area (TPSA) is 39.7 Å². The Morgan fingerprint density at radius 1 is 1.16 bits per heavy atom. The van der Waals surface area contributed by atoms with E-state index >= 15 is 0 Å². The van der Waals surface area contributed by atoms with Crippen LogP contribution in [-0.4, -0.2) is 49.6 Å². The van der Waals surface area contributed by atoms with Crippen LogP contribution in [0.5, 0.6) is 0 Å². The first-order chi connectivity index (χ1) is 8.80. The summed E-state index contributed by atoms with van der Waals surface area (Å²) in [5.74, 6) is 1.00. The van der Waals surface area contributed by atoms with E-state index in [1.165, 1.54) is 32.2 Å². The van der Waals surface area contributed by atoms with Gasteiger partial charge >= 0.3 is 0 Å². The largest absolute Gasteiger partial charge is 0.357 e. The second kappa shape index (κ2) is 11.8. The zero-order valence-corrected chi connectivity index (χ0v) is 15.1. The summed E-state index contributed by atoms with van der Waals surface area (Å²) in [5.41, 5.74) is 0. The van der Waals surface area contributed by atoms with Gasteiger partial charge in [0.15, 0.2) is 5.96 Å². The minimum absolute atomic E-state index is 0. The van der Waals surface area contributed by atoms with Crippen molar-refractivity contribution in [2.24, 2.45) is 4.99 Å². The van der Waals surface area contributed by atoms with E-state index in [1.54, 1.807) is 0 Å². The molecule has 0 radical (unpaired) electrons. The van der Waals surface area contributed by atoms with Gasteiger partial charge in [0.05, 0.1) is 0 Å². The van der Waals surface area contributed by atoms with Crippen molar-refractivity contribution >= 4 is 29.9 Å². The fraction of sp³-hybridized carbons (Fsp3) is 0.929. The Kier molecular flexibility index (Phi) is 11.7. The Bertz CT molecular complexity index is 238. The lowest BCUT2D eigenvalue weighted by Crippen LogP contribution is -2.38. The van der Waals surface area contributed by atoms with Crippen molar-refractivity contribution in [2.45, 2.75) is 52.5 Å². The molecule has 0 amide bonds. The normalized spacial score (nSPS) is 15.3. The molecule has 0 unspecified atom stereocenters. The summed E-state index contributed by atoms with van der Waals surface area (Å²) in [4.78, 5) is 7.09. The van der Waals surface area contributed by atoms with Gasteiger partial charge < -0.3 is 15.5 Å². The van der Waals surface area contributed by atoms with Gasteiger partial charge in [-0.25, -0.2) is 0 Å². The standard InChI is InChI=1S/C14H30N4.HI/c1-4-15-14(17-13-9-10-13)16-11-7-8-12-18(5-2)6-3;/h13H,4-12H2,1-3H3,(H2,15,16,17);1H. The van der Waals surface area contributed by atoms with Crippen molar-refractivity contribution in [1.29, 1.82) is 0 Å². The van der Waals surface area contributed by atoms with E-state index in [9.17, 15) is 0 Å². The van der Waals surface area contributed by atoms with Crippen LogP contribution in [0.25, 0.3) is 0 Å². The molecular weight excluding hydrogens is 351 g/mol. The molecule has 1 aliphatic carbocycles. The summed E-state index contributed by atoms with van der Waals surface area (Å²) < 4.78 is 0. The predicted molar refractivity (Wildman–Crippen MR) is 94.6 cm³/mol. The molecule has 0 heterocycles. The van der Waals surface area contributed by atoms with Gasteiger partial charge in [0.2, 0.25) is 0 Å². The lowest BCUT2D eigenvalue weighted by atomic mass is 10.3. The molecule has 5 heteroatoms. The van der Waals surface area contributed by atoms with E-state index in [1.807, 2.05) is 0 Å². The lowest BCUT2D eigenvalue weighted by Gasteiger charge is -2.17. The van der Waals surface area contributed by atoms with E-state index in [4.69, 9.17) is 0 Å². The number of nitrogens with one attached hydrogen (secondary N) is 2. The molecule has 2 N–H and O–H groups in total. The van der Waals surface area contributed by atoms with Gasteiger partial charge in [0, 0.05) is 19.1 Å². The second-order valence-electron chi connectivity index (χ2n) is 4.91. The van der Waals surface area contributed by atoms with Crippen molar-refractivity contribution in [1.82, 2.24) is 15.5 Å². The van der Waals surface area contributed by atoms with Gasteiger partial charge in [-0.2, -0.15) is 0 Å². The van der Waals surface area contributed by atoms with Crippen LogP contribution in [0.1, 0.15) is 46.5 Å². The van der Waals surface area contributed by atoms with Gasteiger partial charge in [-0.15, -0.1) is 24.0 Å². The molecule has 0 bridgehead atoms. The smallest absolute Gasteiger partial charge is 0.191 e. The average molecular weight is 382 g/mol. The Balaban J connectivity index is 0.00000324.